The molecule has 31 heavy (non-hydrogen) atoms. The molecule has 0 bridgehead atoms. The molecule has 0 spiro atoms. The van der Waals surface area contributed by atoms with E-state index in [4.69, 9.17) is 0 Å². The average molecular weight is 426 g/mol. The van der Waals surface area contributed by atoms with E-state index >= 15 is 0 Å². The van der Waals surface area contributed by atoms with Crippen molar-refractivity contribution in [1.82, 2.24) is 30.0 Å². The number of nitrogens with one attached hydrogen (secondary N) is 2. The van der Waals surface area contributed by atoms with Gasteiger partial charge in [0.25, 0.3) is 0 Å². The van der Waals surface area contributed by atoms with Crippen LogP contribution >= 0.6 is 0 Å². The van der Waals surface area contributed by atoms with Crippen LogP contribution in [-0.4, -0.2) is 50.9 Å². The SMILES string of the molecule is CC(C)c1c2c(nn1C(F)F)Cc1cnc(Nc3ccc(N4CCNCC4)cn3)nc1-2. The lowest BCUT2D eigenvalue weighted by atomic mass is 10.0. The van der Waals surface area contributed by atoms with Gasteiger partial charge in [0.1, 0.15) is 5.82 Å². The van der Waals surface area contributed by atoms with Crippen molar-refractivity contribution in [1.29, 1.82) is 0 Å². The number of rotatable bonds is 5. The first-order valence-corrected chi connectivity index (χ1v) is 10.5. The second kappa shape index (κ2) is 7.84. The van der Waals surface area contributed by atoms with Crippen molar-refractivity contribution in [3.05, 3.63) is 41.5 Å². The quantitative estimate of drug-likeness (QED) is 0.507. The van der Waals surface area contributed by atoms with Crippen LogP contribution < -0.4 is 15.5 Å². The Morgan fingerprint density at radius 2 is 1.90 bits per heavy atom. The molecule has 0 unspecified atom stereocenters. The lowest BCUT2D eigenvalue weighted by molar-refractivity contribution is 0.0523. The van der Waals surface area contributed by atoms with Crippen LogP contribution in [-0.2, 0) is 6.42 Å². The highest BCUT2D eigenvalue weighted by atomic mass is 19.3. The van der Waals surface area contributed by atoms with Crippen molar-refractivity contribution >= 4 is 17.5 Å². The van der Waals surface area contributed by atoms with Crippen molar-refractivity contribution in [3.8, 4) is 11.3 Å². The number of hydrogen-bond donors (Lipinski definition) is 2. The summed E-state index contributed by atoms with van der Waals surface area (Å²) in [5, 5.41) is 10.6. The van der Waals surface area contributed by atoms with E-state index in [2.05, 4.69) is 35.6 Å². The molecule has 0 radical (unpaired) electrons. The van der Waals surface area contributed by atoms with Crippen LogP contribution in [0.5, 0.6) is 0 Å². The number of piperazine rings is 1. The van der Waals surface area contributed by atoms with Gasteiger partial charge < -0.3 is 15.5 Å². The highest BCUT2D eigenvalue weighted by molar-refractivity contribution is 5.75. The highest BCUT2D eigenvalue weighted by Gasteiger charge is 2.32. The Morgan fingerprint density at radius 1 is 1.10 bits per heavy atom. The van der Waals surface area contributed by atoms with E-state index in [1.165, 1.54) is 0 Å². The van der Waals surface area contributed by atoms with Gasteiger partial charge in [-0.25, -0.2) is 19.6 Å². The summed E-state index contributed by atoms with van der Waals surface area (Å²) in [6.45, 7) is 4.93. The zero-order valence-electron chi connectivity index (χ0n) is 17.4. The van der Waals surface area contributed by atoms with E-state index < -0.39 is 6.55 Å². The van der Waals surface area contributed by atoms with Gasteiger partial charge in [0.05, 0.1) is 29.0 Å². The molecule has 5 rings (SSSR count). The molecule has 0 aromatic carbocycles. The highest BCUT2D eigenvalue weighted by Crippen LogP contribution is 2.41. The monoisotopic (exact) mass is 426 g/mol. The van der Waals surface area contributed by atoms with E-state index in [0.29, 0.717) is 40.8 Å². The van der Waals surface area contributed by atoms with Gasteiger partial charge in [-0.2, -0.15) is 13.9 Å². The van der Waals surface area contributed by atoms with Gasteiger partial charge in [-0.05, 0) is 18.1 Å². The number of halogens is 2. The zero-order chi connectivity index (χ0) is 21.5. The number of anilines is 3. The van der Waals surface area contributed by atoms with Gasteiger partial charge in [-0.3, -0.25) is 0 Å². The van der Waals surface area contributed by atoms with Gasteiger partial charge in [-0.15, -0.1) is 0 Å². The number of fused-ring (bicyclic) bond motifs is 3. The van der Waals surface area contributed by atoms with Gasteiger partial charge in [0.2, 0.25) is 5.95 Å². The molecule has 4 heterocycles. The van der Waals surface area contributed by atoms with E-state index in [0.717, 1.165) is 42.1 Å². The van der Waals surface area contributed by atoms with Crippen LogP contribution in [0.15, 0.2) is 24.5 Å². The number of aromatic nitrogens is 5. The molecule has 2 N–H and O–H groups in total. The van der Waals surface area contributed by atoms with Gasteiger partial charge in [-0.1, -0.05) is 13.8 Å². The summed E-state index contributed by atoms with van der Waals surface area (Å²) in [4.78, 5) is 15.8. The maximum absolute atomic E-state index is 13.5. The zero-order valence-corrected chi connectivity index (χ0v) is 17.4. The summed E-state index contributed by atoms with van der Waals surface area (Å²) >= 11 is 0. The van der Waals surface area contributed by atoms with Crippen molar-refractivity contribution < 1.29 is 8.78 Å². The molecule has 10 heteroatoms. The maximum Gasteiger partial charge on any atom is 0.333 e. The summed E-state index contributed by atoms with van der Waals surface area (Å²) in [5.41, 5.74) is 4.48. The third-order valence-electron chi connectivity index (χ3n) is 5.68. The fourth-order valence-electron chi connectivity index (χ4n) is 4.26. The Kier molecular flexibility index (Phi) is 5.01. The molecule has 1 aliphatic carbocycles. The molecule has 1 fully saturated rings. The van der Waals surface area contributed by atoms with E-state index in [9.17, 15) is 8.78 Å². The predicted octanol–water partition coefficient (Wildman–Crippen LogP) is 3.31. The third kappa shape index (κ3) is 3.60. The molecular formula is C21H24F2N8. The Hall–Kier alpha value is -3.14. The summed E-state index contributed by atoms with van der Waals surface area (Å²) in [6, 6.07) is 3.92. The minimum absolute atomic E-state index is 0.109. The summed E-state index contributed by atoms with van der Waals surface area (Å²) < 4.78 is 27.8. The molecule has 1 saturated heterocycles. The maximum atomic E-state index is 13.5. The molecule has 162 valence electrons. The van der Waals surface area contributed by atoms with Gasteiger partial charge in [0, 0.05) is 49.9 Å². The Labute approximate surface area is 178 Å². The van der Waals surface area contributed by atoms with Crippen LogP contribution in [0.1, 0.15) is 43.3 Å². The van der Waals surface area contributed by atoms with Crippen LogP contribution in [0.4, 0.5) is 26.2 Å². The summed E-state index contributed by atoms with van der Waals surface area (Å²) in [5.74, 6) is 0.903. The topological polar surface area (TPSA) is 83.8 Å². The average Bonchev–Trinajstić information content (AvgIpc) is 3.31. The van der Waals surface area contributed by atoms with Gasteiger partial charge in [0.15, 0.2) is 0 Å². The number of nitrogens with zero attached hydrogens (tertiary/aromatic N) is 6. The minimum Gasteiger partial charge on any atom is -0.368 e. The van der Waals surface area contributed by atoms with E-state index in [1.54, 1.807) is 6.20 Å². The predicted molar refractivity (Wildman–Crippen MR) is 114 cm³/mol. The molecule has 1 aliphatic heterocycles. The molecule has 3 aromatic rings. The van der Waals surface area contributed by atoms with Crippen molar-refractivity contribution in [3.63, 3.8) is 0 Å². The Bertz CT molecular complexity index is 1090. The molecule has 0 atom stereocenters. The lowest BCUT2D eigenvalue weighted by Crippen LogP contribution is -2.43. The van der Waals surface area contributed by atoms with Crippen molar-refractivity contribution in [2.24, 2.45) is 0 Å². The molecule has 2 aliphatic rings. The van der Waals surface area contributed by atoms with Crippen LogP contribution in [0.2, 0.25) is 0 Å². The van der Waals surface area contributed by atoms with Crippen LogP contribution in [0, 0.1) is 0 Å². The second-order valence-corrected chi connectivity index (χ2v) is 8.09. The smallest absolute Gasteiger partial charge is 0.333 e. The largest absolute Gasteiger partial charge is 0.368 e. The fraction of sp³-hybridized carbons (Fsp3) is 0.429. The number of hydrogen-bond acceptors (Lipinski definition) is 7. The third-order valence-corrected chi connectivity index (χ3v) is 5.68. The molecule has 0 saturated carbocycles. The van der Waals surface area contributed by atoms with Gasteiger partial charge >= 0.3 is 6.55 Å². The van der Waals surface area contributed by atoms with E-state index in [-0.39, 0.29) is 5.92 Å². The second-order valence-electron chi connectivity index (χ2n) is 8.09. The minimum atomic E-state index is -2.68. The first-order valence-electron chi connectivity index (χ1n) is 10.5. The first kappa shape index (κ1) is 19.8. The summed E-state index contributed by atoms with van der Waals surface area (Å²) in [7, 11) is 0. The van der Waals surface area contributed by atoms with Crippen molar-refractivity contribution in [2.45, 2.75) is 32.7 Å². The fourth-order valence-corrected chi connectivity index (χ4v) is 4.26. The Morgan fingerprint density at radius 3 is 2.58 bits per heavy atom. The molecule has 3 aromatic heterocycles. The first-order chi connectivity index (χ1) is 15.0. The number of alkyl halides is 2. The molecule has 8 nitrogen and oxygen atoms in total. The van der Waals surface area contributed by atoms with Crippen LogP contribution in [0.25, 0.3) is 11.3 Å². The Balaban J connectivity index is 1.41. The molecular weight excluding hydrogens is 402 g/mol. The van der Waals surface area contributed by atoms with E-state index in [1.807, 2.05) is 32.2 Å². The molecule has 0 amide bonds. The van der Waals surface area contributed by atoms with Crippen molar-refractivity contribution in [2.75, 3.05) is 36.4 Å². The standard InChI is InChI=1S/C21H24F2N8/c1-12(2)19-17-15(29-31(19)20(22)23)9-13-10-26-21(28-18(13)17)27-16-4-3-14(11-25-16)30-7-5-24-6-8-30/h3-4,10-12,20,24H,5-9H2,1-2H3,(H,25,26,27,28). The van der Waals surface area contributed by atoms with Crippen LogP contribution in [0.3, 0.4) is 0 Å². The normalized spacial score (nSPS) is 15.5. The summed E-state index contributed by atoms with van der Waals surface area (Å²) in [6.07, 6.45) is 4.03. The number of pyridine rings is 1. The lowest BCUT2D eigenvalue weighted by Gasteiger charge is -2.29.